The first-order valence-corrected chi connectivity index (χ1v) is 17.5. The molecular formula is C36H58O15. The van der Waals surface area contributed by atoms with Crippen molar-refractivity contribution in [3.8, 4) is 0 Å². The van der Waals surface area contributed by atoms with Crippen molar-refractivity contribution >= 4 is 24.2 Å². The van der Waals surface area contributed by atoms with Gasteiger partial charge in [0.2, 0.25) is 0 Å². The Hall–Kier alpha value is -3.24. The Labute approximate surface area is 300 Å². The van der Waals surface area contributed by atoms with E-state index in [-0.39, 0.29) is 51.5 Å². The lowest BCUT2D eigenvalue weighted by Crippen LogP contribution is -2.44. The van der Waals surface area contributed by atoms with Crippen LogP contribution in [0, 0.1) is 11.8 Å². The molecule has 51 heavy (non-hydrogen) atoms. The second-order valence-electron chi connectivity index (χ2n) is 13.9. The minimum atomic E-state index is -1.34. The van der Waals surface area contributed by atoms with E-state index in [1.165, 1.54) is 27.7 Å². The van der Waals surface area contributed by atoms with Crippen LogP contribution in [0.3, 0.4) is 0 Å². The van der Waals surface area contributed by atoms with Crippen LogP contribution in [0.1, 0.15) is 80.1 Å². The van der Waals surface area contributed by atoms with Crippen LogP contribution in [0.15, 0.2) is 25.3 Å². The van der Waals surface area contributed by atoms with Crippen molar-refractivity contribution in [1.82, 2.24) is 0 Å². The second kappa shape index (κ2) is 21.3. The van der Waals surface area contributed by atoms with Gasteiger partial charge in [0.25, 0.3) is 0 Å². The minimum Gasteiger partial charge on any atom is -0.457 e. The van der Waals surface area contributed by atoms with E-state index in [0.717, 1.165) is 12.8 Å². The fourth-order valence-corrected chi connectivity index (χ4v) is 5.37. The Kier molecular flexibility index (Phi) is 18.4. The number of allylic oxidation sites excluding steroid dienone is 2. The Balaban J connectivity index is 1.54. The summed E-state index contributed by atoms with van der Waals surface area (Å²) in [4.78, 5) is 49.3. The molecule has 0 aromatic carbocycles. The molecule has 0 bridgehead atoms. The number of ether oxygens (including phenoxy) is 9. The maximum absolute atomic E-state index is 12.6. The van der Waals surface area contributed by atoms with Gasteiger partial charge in [0.05, 0.1) is 38.6 Å². The van der Waals surface area contributed by atoms with Crippen molar-refractivity contribution in [2.24, 2.45) is 11.8 Å². The number of hydrogen-bond donors (Lipinski definition) is 2. The summed E-state index contributed by atoms with van der Waals surface area (Å²) in [5.41, 5.74) is -2.66. The Morgan fingerprint density at radius 2 is 1.12 bits per heavy atom. The number of aliphatic hydroxyl groups excluding tert-OH is 2. The van der Waals surface area contributed by atoms with Crippen molar-refractivity contribution < 1.29 is 72.0 Å². The number of carbonyl (C=O) groups excluding carboxylic acids is 4. The third-order valence-corrected chi connectivity index (χ3v) is 8.59. The van der Waals surface area contributed by atoms with Crippen LogP contribution < -0.4 is 0 Å². The zero-order valence-electron chi connectivity index (χ0n) is 30.9. The summed E-state index contributed by atoms with van der Waals surface area (Å²) in [6, 6.07) is 0. The molecule has 0 radical (unpaired) electrons. The summed E-state index contributed by atoms with van der Waals surface area (Å²) in [6.45, 7) is 16.2. The molecule has 0 spiro atoms. The molecule has 2 aliphatic rings. The fourth-order valence-electron chi connectivity index (χ4n) is 5.37. The van der Waals surface area contributed by atoms with Gasteiger partial charge in [-0.1, -0.05) is 12.2 Å². The average Bonchev–Trinajstić information content (AvgIpc) is 3.06. The molecule has 15 heteroatoms. The highest BCUT2D eigenvalue weighted by Crippen LogP contribution is 2.30. The second-order valence-corrected chi connectivity index (χ2v) is 13.9. The van der Waals surface area contributed by atoms with Crippen LogP contribution in [-0.2, 0) is 52.2 Å². The molecule has 0 aromatic rings. The van der Waals surface area contributed by atoms with Crippen molar-refractivity contribution in [2.75, 3.05) is 39.6 Å². The zero-order chi connectivity index (χ0) is 38.2. The van der Waals surface area contributed by atoms with Crippen LogP contribution >= 0.6 is 0 Å². The van der Waals surface area contributed by atoms with E-state index in [1.807, 2.05) is 0 Å². The van der Waals surface area contributed by atoms with Gasteiger partial charge in [0.1, 0.15) is 37.6 Å². The largest absolute Gasteiger partial charge is 0.508 e. The highest BCUT2D eigenvalue weighted by Gasteiger charge is 2.38. The molecule has 292 valence electrons. The molecule has 0 aliphatic heterocycles. The quantitative estimate of drug-likeness (QED) is 0.0784. The Morgan fingerprint density at radius 1 is 0.667 bits per heavy atom. The third-order valence-electron chi connectivity index (χ3n) is 8.59. The number of rotatable bonds is 20. The average molecular weight is 731 g/mol. The summed E-state index contributed by atoms with van der Waals surface area (Å²) < 4.78 is 47.8. The molecule has 2 aliphatic carbocycles. The summed E-state index contributed by atoms with van der Waals surface area (Å²) in [6.07, 6.45) is 1.07. The minimum absolute atomic E-state index is 0.0149. The molecule has 0 aromatic heterocycles. The Morgan fingerprint density at radius 3 is 1.59 bits per heavy atom. The fraction of sp³-hybridized carbons (Fsp3) is 0.778. The third kappa shape index (κ3) is 15.9. The van der Waals surface area contributed by atoms with Gasteiger partial charge in [0.15, 0.2) is 11.2 Å². The predicted molar refractivity (Wildman–Crippen MR) is 182 cm³/mol. The molecular weight excluding hydrogens is 672 g/mol. The summed E-state index contributed by atoms with van der Waals surface area (Å²) >= 11 is 0. The van der Waals surface area contributed by atoms with Crippen molar-refractivity contribution in [2.45, 2.75) is 128 Å². The maximum atomic E-state index is 12.6. The van der Waals surface area contributed by atoms with Crippen molar-refractivity contribution in [3.63, 3.8) is 0 Å². The molecule has 0 amide bonds. The van der Waals surface area contributed by atoms with Crippen LogP contribution in [0.2, 0.25) is 0 Å². The van der Waals surface area contributed by atoms with Gasteiger partial charge < -0.3 is 52.8 Å². The summed E-state index contributed by atoms with van der Waals surface area (Å²) in [5.74, 6) is -0.914. The van der Waals surface area contributed by atoms with Gasteiger partial charge in [-0.05, 0) is 91.9 Å². The van der Waals surface area contributed by atoms with E-state index >= 15 is 0 Å². The number of aliphatic hydroxyl groups is 2. The standard InChI is InChI=1S/C36H58O15/c1-9-25-12-14-29(28(38)19-25)50-31(39)35(5,6)46-17-15-44-33(41)48-23(3)21-43-22-24(4)49-34(42)45-16-18-47-36(7,8)32(40)51-30-20-26(10-2)11-13-27(30)37/h9-10,23-30,37-38H,1-2,11-22H2,3-8H3. The monoisotopic (exact) mass is 730 g/mol. The lowest BCUT2D eigenvalue weighted by molar-refractivity contribution is -0.183. The first-order chi connectivity index (χ1) is 24.0. The van der Waals surface area contributed by atoms with E-state index in [0.29, 0.717) is 25.7 Å². The lowest BCUT2D eigenvalue weighted by atomic mass is 9.85. The number of hydrogen-bond acceptors (Lipinski definition) is 15. The van der Waals surface area contributed by atoms with Crippen LogP contribution in [0.5, 0.6) is 0 Å². The smallest absolute Gasteiger partial charge is 0.457 e. The predicted octanol–water partition coefficient (Wildman–Crippen LogP) is 4.19. The molecule has 15 nitrogen and oxygen atoms in total. The van der Waals surface area contributed by atoms with Gasteiger partial charge in [-0.25, -0.2) is 19.2 Å². The molecule has 2 saturated carbocycles. The zero-order valence-corrected chi connectivity index (χ0v) is 30.9. The first-order valence-electron chi connectivity index (χ1n) is 17.5. The van der Waals surface area contributed by atoms with Crippen LogP contribution in [0.25, 0.3) is 0 Å². The van der Waals surface area contributed by atoms with Gasteiger partial charge >= 0.3 is 24.2 Å². The van der Waals surface area contributed by atoms with E-state index in [2.05, 4.69) is 13.2 Å². The molecule has 0 heterocycles. The van der Waals surface area contributed by atoms with E-state index in [1.54, 1.807) is 26.0 Å². The van der Waals surface area contributed by atoms with Crippen molar-refractivity contribution in [3.05, 3.63) is 25.3 Å². The SMILES string of the molecule is C=CC1CCC(OC(=O)C(C)(C)OCCOC(=O)OC(C)COCC(C)OC(=O)OCCOC(C)(C)C(=O)OC2CC(C=C)CCC2O)C(O)C1. The number of carbonyl (C=O) groups is 4. The molecule has 8 unspecified atom stereocenters. The summed E-state index contributed by atoms with van der Waals surface area (Å²) in [7, 11) is 0. The molecule has 2 N–H and O–H groups in total. The van der Waals surface area contributed by atoms with Gasteiger partial charge in [-0.3, -0.25) is 0 Å². The Bertz CT molecular complexity index is 1140. The highest BCUT2D eigenvalue weighted by atomic mass is 16.7. The molecule has 2 fully saturated rings. The van der Waals surface area contributed by atoms with Gasteiger partial charge in [-0.2, -0.15) is 0 Å². The van der Waals surface area contributed by atoms with E-state index < -0.39 is 72.1 Å². The lowest BCUT2D eigenvalue weighted by Gasteiger charge is -2.34. The van der Waals surface area contributed by atoms with E-state index in [4.69, 9.17) is 42.6 Å². The van der Waals surface area contributed by atoms with Crippen LogP contribution in [0.4, 0.5) is 9.59 Å². The summed E-state index contributed by atoms with van der Waals surface area (Å²) in [5, 5.41) is 20.5. The van der Waals surface area contributed by atoms with Crippen molar-refractivity contribution in [1.29, 1.82) is 0 Å². The van der Waals surface area contributed by atoms with Gasteiger partial charge in [0, 0.05) is 0 Å². The topological polar surface area (TPSA) is 192 Å². The van der Waals surface area contributed by atoms with Crippen LogP contribution in [-0.4, -0.2) is 122 Å². The maximum Gasteiger partial charge on any atom is 0.508 e. The number of esters is 2. The molecule has 0 saturated heterocycles. The normalized spacial score (nSPS) is 25.0. The molecule has 8 atom stereocenters. The van der Waals surface area contributed by atoms with E-state index in [9.17, 15) is 29.4 Å². The molecule has 2 rings (SSSR count). The first kappa shape index (κ1) is 43.9. The van der Waals surface area contributed by atoms with Gasteiger partial charge in [-0.15, -0.1) is 13.2 Å². The highest BCUT2D eigenvalue weighted by molar-refractivity contribution is 5.79.